The van der Waals surface area contributed by atoms with E-state index in [-0.39, 0.29) is 5.91 Å². The van der Waals surface area contributed by atoms with Crippen molar-refractivity contribution in [3.8, 4) is 11.8 Å². The molecule has 0 fully saturated rings. The summed E-state index contributed by atoms with van der Waals surface area (Å²) in [6.45, 7) is 5.44. The standard InChI is InChI=1S/C16H22N2O2/c1-3-10-20-11-8-16(19)18-15-7-6-13(2)12-14(15)5-4-9-17/h6-7,12H,3,8-11,17H2,1-2H3,(H,18,19). The van der Waals surface area contributed by atoms with Crippen LogP contribution >= 0.6 is 0 Å². The zero-order valence-corrected chi connectivity index (χ0v) is 12.2. The number of anilines is 1. The third-order valence-corrected chi connectivity index (χ3v) is 2.60. The minimum absolute atomic E-state index is 0.0687. The summed E-state index contributed by atoms with van der Waals surface area (Å²) in [5.41, 5.74) is 7.99. The molecule has 4 nitrogen and oxygen atoms in total. The summed E-state index contributed by atoms with van der Waals surface area (Å²) >= 11 is 0. The number of hydrogen-bond donors (Lipinski definition) is 2. The number of amides is 1. The van der Waals surface area contributed by atoms with Gasteiger partial charge in [0.25, 0.3) is 0 Å². The van der Waals surface area contributed by atoms with Crippen molar-refractivity contribution in [2.75, 3.05) is 25.1 Å². The molecule has 4 heteroatoms. The number of carbonyl (C=O) groups excluding carboxylic acids is 1. The number of ether oxygens (including phenoxy) is 1. The number of hydrogen-bond acceptors (Lipinski definition) is 3. The van der Waals surface area contributed by atoms with Gasteiger partial charge in [-0.15, -0.1) is 0 Å². The average molecular weight is 274 g/mol. The molecule has 0 aromatic heterocycles. The molecule has 0 aliphatic rings. The quantitative estimate of drug-likeness (QED) is 0.616. The topological polar surface area (TPSA) is 64.3 Å². The Bertz CT molecular complexity index is 501. The third kappa shape index (κ3) is 5.87. The van der Waals surface area contributed by atoms with Gasteiger partial charge in [-0.2, -0.15) is 0 Å². The van der Waals surface area contributed by atoms with Gasteiger partial charge < -0.3 is 15.8 Å². The predicted octanol–water partition coefficient (Wildman–Crippen LogP) is 2.06. The number of nitrogens with one attached hydrogen (secondary N) is 1. The Hall–Kier alpha value is -1.83. The lowest BCUT2D eigenvalue weighted by Crippen LogP contribution is -2.15. The lowest BCUT2D eigenvalue weighted by atomic mass is 10.1. The molecule has 0 aliphatic heterocycles. The van der Waals surface area contributed by atoms with Crippen LogP contribution < -0.4 is 11.1 Å². The first-order valence-corrected chi connectivity index (χ1v) is 6.84. The summed E-state index contributed by atoms with van der Waals surface area (Å²) in [6, 6.07) is 5.74. The molecule has 1 aromatic rings. The highest BCUT2D eigenvalue weighted by molar-refractivity contribution is 5.92. The maximum absolute atomic E-state index is 11.8. The fraction of sp³-hybridized carbons (Fsp3) is 0.438. The number of carbonyl (C=O) groups is 1. The minimum atomic E-state index is -0.0687. The highest BCUT2D eigenvalue weighted by Crippen LogP contribution is 2.16. The van der Waals surface area contributed by atoms with E-state index < -0.39 is 0 Å². The SMILES string of the molecule is CCCOCCC(=O)Nc1ccc(C)cc1C#CCN. The van der Waals surface area contributed by atoms with Gasteiger partial charge in [-0.05, 0) is 31.0 Å². The minimum Gasteiger partial charge on any atom is -0.381 e. The average Bonchev–Trinajstić information content (AvgIpc) is 2.44. The fourth-order valence-corrected chi connectivity index (χ4v) is 1.64. The van der Waals surface area contributed by atoms with Crippen molar-refractivity contribution in [3.05, 3.63) is 29.3 Å². The molecule has 3 N–H and O–H groups in total. The molecule has 0 radical (unpaired) electrons. The fourth-order valence-electron chi connectivity index (χ4n) is 1.64. The molecular weight excluding hydrogens is 252 g/mol. The van der Waals surface area contributed by atoms with Crippen molar-refractivity contribution < 1.29 is 9.53 Å². The second kappa shape index (κ2) is 9.13. The molecule has 0 bridgehead atoms. The van der Waals surface area contributed by atoms with Crippen LogP contribution in [0.5, 0.6) is 0 Å². The molecule has 0 heterocycles. The van der Waals surface area contributed by atoms with Crippen LogP contribution in [0.2, 0.25) is 0 Å². The van der Waals surface area contributed by atoms with Crippen LogP contribution in [0.1, 0.15) is 30.9 Å². The van der Waals surface area contributed by atoms with Crippen LogP contribution in [-0.4, -0.2) is 25.7 Å². The van der Waals surface area contributed by atoms with Gasteiger partial charge in [0.1, 0.15) is 0 Å². The Morgan fingerprint density at radius 3 is 2.90 bits per heavy atom. The van der Waals surface area contributed by atoms with Gasteiger partial charge in [0.15, 0.2) is 0 Å². The summed E-state index contributed by atoms with van der Waals surface area (Å²) in [6.07, 6.45) is 1.30. The van der Waals surface area contributed by atoms with Crippen LogP contribution in [-0.2, 0) is 9.53 Å². The predicted molar refractivity (Wildman–Crippen MR) is 81.5 cm³/mol. The second-order valence-corrected chi connectivity index (χ2v) is 4.47. The second-order valence-electron chi connectivity index (χ2n) is 4.47. The number of nitrogens with two attached hydrogens (primary N) is 1. The maximum atomic E-state index is 11.8. The lowest BCUT2D eigenvalue weighted by Gasteiger charge is -2.08. The van der Waals surface area contributed by atoms with E-state index >= 15 is 0 Å². The summed E-state index contributed by atoms with van der Waals surface area (Å²) in [4.78, 5) is 11.8. The van der Waals surface area contributed by atoms with Gasteiger partial charge >= 0.3 is 0 Å². The van der Waals surface area contributed by atoms with Crippen LogP contribution in [0, 0.1) is 18.8 Å². The molecule has 1 rings (SSSR count). The van der Waals surface area contributed by atoms with E-state index in [9.17, 15) is 4.79 Å². The molecule has 1 aromatic carbocycles. The molecule has 108 valence electrons. The van der Waals surface area contributed by atoms with Crippen LogP contribution in [0.15, 0.2) is 18.2 Å². The van der Waals surface area contributed by atoms with Crippen LogP contribution in [0.3, 0.4) is 0 Å². The lowest BCUT2D eigenvalue weighted by molar-refractivity contribution is -0.117. The molecule has 0 aliphatic carbocycles. The first kappa shape index (κ1) is 16.2. The zero-order valence-electron chi connectivity index (χ0n) is 12.2. The zero-order chi connectivity index (χ0) is 14.8. The van der Waals surface area contributed by atoms with Crippen LogP contribution in [0.4, 0.5) is 5.69 Å². The monoisotopic (exact) mass is 274 g/mol. The first-order valence-electron chi connectivity index (χ1n) is 6.84. The molecule has 1 amide bonds. The Kier molecular flexibility index (Phi) is 7.41. The molecule has 0 saturated heterocycles. The van der Waals surface area contributed by atoms with Gasteiger partial charge in [0.2, 0.25) is 5.91 Å². The Labute approximate surface area is 120 Å². The highest BCUT2D eigenvalue weighted by Gasteiger charge is 2.06. The smallest absolute Gasteiger partial charge is 0.226 e. The third-order valence-electron chi connectivity index (χ3n) is 2.60. The van der Waals surface area contributed by atoms with E-state index in [1.54, 1.807) is 0 Å². The van der Waals surface area contributed by atoms with Gasteiger partial charge in [-0.3, -0.25) is 4.79 Å². The van der Waals surface area contributed by atoms with Gasteiger partial charge in [0, 0.05) is 12.2 Å². The summed E-state index contributed by atoms with van der Waals surface area (Å²) in [7, 11) is 0. The van der Waals surface area contributed by atoms with E-state index in [0.29, 0.717) is 26.2 Å². The number of aryl methyl sites for hydroxylation is 1. The summed E-state index contributed by atoms with van der Waals surface area (Å²) in [5, 5.41) is 2.86. The Balaban J connectivity index is 2.64. The van der Waals surface area contributed by atoms with Crippen molar-refractivity contribution in [2.45, 2.75) is 26.7 Å². The molecule has 0 saturated carbocycles. The van der Waals surface area contributed by atoms with Crippen molar-refractivity contribution >= 4 is 11.6 Å². The first-order chi connectivity index (χ1) is 9.67. The Morgan fingerprint density at radius 1 is 1.40 bits per heavy atom. The molecular formula is C16H22N2O2. The van der Waals surface area contributed by atoms with E-state index in [0.717, 1.165) is 23.2 Å². The van der Waals surface area contributed by atoms with E-state index in [2.05, 4.69) is 17.2 Å². The van der Waals surface area contributed by atoms with E-state index in [1.165, 1.54) is 0 Å². The highest BCUT2D eigenvalue weighted by atomic mass is 16.5. The normalized spacial score (nSPS) is 9.75. The molecule has 0 unspecified atom stereocenters. The van der Waals surface area contributed by atoms with E-state index in [1.807, 2.05) is 32.0 Å². The maximum Gasteiger partial charge on any atom is 0.226 e. The number of benzene rings is 1. The summed E-state index contributed by atoms with van der Waals surface area (Å²) < 4.78 is 5.30. The van der Waals surface area contributed by atoms with Crippen molar-refractivity contribution in [3.63, 3.8) is 0 Å². The molecule has 20 heavy (non-hydrogen) atoms. The van der Waals surface area contributed by atoms with E-state index in [4.69, 9.17) is 10.5 Å². The van der Waals surface area contributed by atoms with Crippen LogP contribution in [0.25, 0.3) is 0 Å². The van der Waals surface area contributed by atoms with Crippen molar-refractivity contribution in [1.82, 2.24) is 0 Å². The molecule has 0 spiro atoms. The summed E-state index contributed by atoms with van der Waals surface area (Å²) in [5.74, 6) is 5.71. The van der Waals surface area contributed by atoms with Gasteiger partial charge in [0.05, 0.1) is 25.3 Å². The van der Waals surface area contributed by atoms with Gasteiger partial charge in [-0.25, -0.2) is 0 Å². The van der Waals surface area contributed by atoms with Crippen molar-refractivity contribution in [2.24, 2.45) is 5.73 Å². The molecule has 0 atom stereocenters. The van der Waals surface area contributed by atoms with Crippen molar-refractivity contribution in [1.29, 1.82) is 0 Å². The largest absolute Gasteiger partial charge is 0.381 e. The van der Waals surface area contributed by atoms with Gasteiger partial charge in [-0.1, -0.05) is 24.8 Å². The number of rotatable bonds is 6. The Morgan fingerprint density at radius 2 is 2.20 bits per heavy atom.